The lowest BCUT2D eigenvalue weighted by atomic mass is 10.0. The van der Waals surface area contributed by atoms with E-state index in [1.54, 1.807) is 32.7 Å². The van der Waals surface area contributed by atoms with Crippen molar-refractivity contribution >= 4 is 27.9 Å². The smallest absolute Gasteiger partial charge is 0.259 e. The van der Waals surface area contributed by atoms with Gasteiger partial charge in [-0.1, -0.05) is 30.7 Å². The van der Waals surface area contributed by atoms with E-state index in [1.165, 1.54) is 16.9 Å². The van der Waals surface area contributed by atoms with Crippen molar-refractivity contribution in [3.8, 4) is 17.2 Å². The van der Waals surface area contributed by atoms with Crippen molar-refractivity contribution in [2.24, 2.45) is 0 Å². The number of ether oxygens (including phenoxy) is 3. The van der Waals surface area contributed by atoms with Gasteiger partial charge in [-0.25, -0.2) is 0 Å². The molecule has 1 amide bonds. The van der Waals surface area contributed by atoms with Crippen molar-refractivity contribution in [3.05, 3.63) is 64.0 Å². The lowest BCUT2D eigenvalue weighted by Crippen LogP contribution is -2.16. The van der Waals surface area contributed by atoms with Crippen LogP contribution in [0.5, 0.6) is 17.2 Å². The maximum Gasteiger partial charge on any atom is 0.259 e. The van der Waals surface area contributed by atoms with Gasteiger partial charge in [0.1, 0.15) is 10.8 Å². The lowest BCUT2D eigenvalue weighted by molar-refractivity contribution is 0.102. The number of carbonyl (C=O) groups is 1. The third kappa shape index (κ3) is 4.93. The van der Waals surface area contributed by atoms with E-state index in [2.05, 4.69) is 10.6 Å². The van der Waals surface area contributed by atoms with Crippen LogP contribution in [0.1, 0.15) is 45.6 Å². The van der Waals surface area contributed by atoms with E-state index in [4.69, 9.17) is 14.2 Å². The Balaban J connectivity index is 1.65. The van der Waals surface area contributed by atoms with Crippen molar-refractivity contribution in [3.63, 3.8) is 0 Å². The number of benzene rings is 2. The number of thiophene rings is 1. The summed E-state index contributed by atoms with van der Waals surface area (Å²) in [7, 11) is 4.88. The SMILES string of the molecule is COc1ccccc1NC(=O)c1c(NCc2cccc(OC)c2OC)sc2c1CCCCC2. The van der Waals surface area contributed by atoms with Crippen molar-refractivity contribution in [2.45, 2.75) is 38.6 Å². The van der Waals surface area contributed by atoms with Gasteiger partial charge in [-0.3, -0.25) is 4.79 Å². The summed E-state index contributed by atoms with van der Waals surface area (Å²) in [5.74, 6) is 1.92. The molecule has 1 aliphatic carbocycles. The van der Waals surface area contributed by atoms with Crippen molar-refractivity contribution in [1.82, 2.24) is 0 Å². The van der Waals surface area contributed by atoms with E-state index < -0.39 is 0 Å². The number of methoxy groups -OCH3 is 3. The van der Waals surface area contributed by atoms with Gasteiger partial charge in [-0.05, 0) is 49.4 Å². The third-order valence-corrected chi connectivity index (χ3v) is 7.18. The fourth-order valence-electron chi connectivity index (χ4n) is 4.31. The average molecular weight is 467 g/mol. The Hall–Kier alpha value is -3.19. The fraction of sp³-hybridized carbons (Fsp3) is 0.346. The number of para-hydroxylation sites is 3. The van der Waals surface area contributed by atoms with Crippen molar-refractivity contribution in [1.29, 1.82) is 0 Å². The Kier molecular flexibility index (Phi) is 7.40. The molecule has 0 atom stereocenters. The molecule has 0 fully saturated rings. The summed E-state index contributed by atoms with van der Waals surface area (Å²) in [6.45, 7) is 0.523. The molecule has 0 saturated carbocycles. The third-order valence-electron chi connectivity index (χ3n) is 5.93. The van der Waals surface area contributed by atoms with E-state index in [0.717, 1.165) is 41.8 Å². The first-order valence-electron chi connectivity index (χ1n) is 11.2. The molecule has 2 N–H and O–H groups in total. The molecule has 2 aromatic carbocycles. The second kappa shape index (κ2) is 10.6. The normalized spacial score (nSPS) is 12.9. The van der Waals surface area contributed by atoms with E-state index in [-0.39, 0.29) is 5.91 Å². The molecule has 6 nitrogen and oxygen atoms in total. The molecule has 1 aromatic heterocycles. The zero-order valence-electron chi connectivity index (χ0n) is 19.3. The summed E-state index contributed by atoms with van der Waals surface area (Å²) >= 11 is 1.69. The predicted molar refractivity (Wildman–Crippen MR) is 133 cm³/mol. The quantitative estimate of drug-likeness (QED) is 0.404. The minimum Gasteiger partial charge on any atom is -0.495 e. The zero-order valence-corrected chi connectivity index (χ0v) is 20.1. The van der Waals surface area contributed by atoms with Gasteiger partial charge < -0.3 is 24.8 Å². The standard InChI is InChI=1S/C26H30N2O4S/c1-30-20-13-8-7-12-19(20)28-25(29)23-18-11-5-4-6-15-22(18)33-26(23)27-16-17-10-9-14-21(31-2)24(17)32-3/h7-10,12-14,27H,4-6,11,15-16H2,1-3H3,(H,28,29). The van der Waals surface area contributed by atoms with Gasteiger partial charge in [0.15, 0.2) is 11.5 Å². The van der Waals surface area contributed by atoms with Crippen LogP contribution in [-0.2, 0) is 19.4 Å². The van der Waals surface area contributed by atoms with Crippen LogP contribution >= 0.6 is 11.3 Å². The highest BCUT2D eigenvalue weighted by Crippen LogP contribution is 2.39. The maximum absolute atomic E-state index is 13.5. The topological polar surface area (TPSA) is 68.8 Å². The molecule has 0 unspecified atom stereocenters. The molecule has 3 aromatic rings. The molecule has 0 radical (unpaired) electrons. The average Bonchev–Trinajstić information content (AvgIpc) is 3.03. The Labute approximate surface area is 198 Å². The summed E-state index contributed by atoms with van der Waals surface area (Å²) in [5, 5.41) is 7.48. The number of rotatable bonds is 8. The highest BCUT2D eigenvalue weighted by atomic mass is 32.1. The number of nitrogens with one attached hydrogen (secondary N) is 2. The van der Waals surface area contributed by atoms with Crippen LogP contribution in [0.15, 0.2) is 42.5 Å². The Morgan fingerprint density at radius 3 is 2.45 bits per heavy atom. The minimum atomic E-state index is -0.112. The molecule has 0 spiro atoms. The molecule has 174 valence electrons. The molecule has 0 aliphatic heterocycles. The first-order chi connectivity index (χ1) is 16.2. The first-order valence-corrected chi connectivity index (χ1v) is 12.0. The summed E-state index contributed by atoms with van der Waals surface area (Å²) in [5.41, 5.74) is 3.55. The zero-order chi connectivity index (χ0) is 23.2. The monoisotopic (exact) mass is 466 g/mol. The number of amides is 1. The van der Waals surface area contributed by atoms with Gasteiger partial charge in [0.05, 0.1) is 32.6 Å². The highest BCUT2D eigenvalue weighted by Gasteiger charge is 2.25. The number of fused-ring (bicyclic) bond motifs is 1. The molecular weight excluding hydrogens is 436 g/mol. The lowest BCUT2D eigenvalue weighted by Gasteiger charge is -2.15. The second-order valence-corrected chi connectivity index (χ2v) is 9.03. The Morgan fingerprint density at radius 2 is 1.67 bits per heavy atom. The van der Waals surface area contributed by atoms with E-state index in [0.29, 0.717) is 29.5 Å². The Morgan fingerprint density at radius 1 is 0.909 bits per heavy atom. The van der Waals surface area contributed by atoms with Crippen LogP contribution < -0.4 is 24.8 Å². The molecule has 0 saturated heterocycles. The van der Waals surface area contributed by atoms with Gasteiger partial charge in [0.25, 0.3) is 5.91 Å². The van der Waals surface area contributed by atoms with Crippen LogP contribution in [-0.4, -0.2) is 27.2 Å². The number of anilines is 2. The molecule has 4 rings (SSSR count). The molecular formula is C26H30N2O4S. The van der Waals surface area contributed by atoms with Crippen LogP contribution in [0.3, 0.4) is 0 Å². The van der Waals surface area contributed by atoms with Gasteiger partial charge in [0, 0.05) is 17.0 Å². The Bertz CT molecular complexity index is 1130. The van der Waals surface area contributed by atoms with E-state index >= 15 is 0 Å². The maximum atomic E-state index is 13.5. The van der Waals surface area contributed by atoms with Gasteiger partial charge >= 0.3 is 0 Å². The molecule has 1 heterocycles. The minimum absolute atomic E-state index is 0.112. The number of hydrogen-bond acceptors (Lipinski definition) is 6. The second-order valence-electron chi connectivity index (χ2n) is 7.93. The molecule has 1 aliphatic rings. The largest absolute Gasteiger partial charge is 0.495 e. The summed E-state index contributed by atoms with van der Waals surface area (Å²) < 4.78 is 16.4. The van der Waals surface area contributed by atoms with Crippen molar-refractivity contribution in [2.75, 3.05) is 32.0 Å². The van der Waals surface area contributed by atoms with E-state index in [9.17, 15) is 4.79 Å². The number of carbonyl (C=O) groups excluding carboxylic acids is 1. The number of hydrogen-bond donors (Lipinski definition) is 2. The van der Waals surface area contributed by atoms with Crippen LogP contribution in [0, 0.1) is 0 Å². The molecule has 0 bridgehead atoms. The molecule has 33 heavy (non-hydrogen) atoms. The fourth-order valence-corrected chi connectivity index (χ4v) is 5.59. The summed E-state index contributed by atoms with van der Waals surface area (Å²) in [4.78, 5) is 14.8. The van der Waals surface area contributed by atoms with Crippen LogP contribution in [0.4, 0.5) is 10.7 Å². The van der Waals surface area contributed by atoms with Crippen LogP contribution in [0.2, 0.25) is 0 Å². The predicted octanol–water partition coefficient (Wildman–Crippen LogP) is 5.91. The van der Waals surface area contributed by atoms with Gasteiger partial charge in [-0.15, -0.1) is 11.3 Å². The molecule has 7 heteroatoms. The number of aryl methyl sites for hydroxylation is 1. The van der Waals surface area contributed by atoms with Gasteiger partial charge in [0.2, 0.25) is 0 Å². The summed E-state index contributed by atoms with van der Waals surface area (Å²) in [6.07, 6.45) is 5.38. The van der Waals surface area contributed by atoms with Crippen LogP contribution in [0.25, 0.3) is 0 Å². The van der Waals surface area contributed by atoms with Crippen molar-refractivity contribution < 1.29 is 19.0 Å². The summed E-state index contributed by atoms with van der Waals surface area (Å²) in [6, 6.07) is 13.3. The van der Waals surface area contributed by atoms with Gasteiger partial charge in [-0.2, -0.15) is 0 Å². The van der Waals surface area contributed by atoms with E-state index in [1.807, 2.05) is 42.5 Å². The highest BCUT2D eigenvalue weighted by molar-refractivity contribution is 7.16. The first kappa shape index (κ1) is 23.0.